The van der Waals surface area contributed by atoms with E-state index < -0.39 is 14.6 Å². The van der Waals surface area contributed by atoms with Crippen LogP contribution in [0.15, 0.2) is 17.2 Å². The first-order chi connectivity index (χ1) is 9.04. The molecule has 0 aliphatic heterocycles. The van der Waals surface area contributed by atoms with Gasteiger partial charge in [-0.15, -0.1) is 0 Å². The van der Waals surface area contributed by atoms with Gasteiger partial charge in [-0.2, -0.15) is 0 Å². The molecule has 1 aromatic rings. The zero-order chi connectivity index (χ0) is 15.6. The Balaban J connectivity index is 3.15. The molecule has 0 spiro atoms. The van der Waals surface area contributed by atoms with Crippen molar-refractivity contribution < 1.29 is 17.9 Å². The fourth-order valence-corrected chi connectivity index (χ4v) is 2.35. The van der Waals surface area contributed by atoms with Gasteiger partial charge in [0.05, 0.1) is 6.61 Å². The average molecular weight is 323 g/mol. The minimum Gasteiger partial charge on any atom is -0.383 e. The number of hydrogen-bond donors (Lipinski definition) is 1. The van der Waals surface area contributed by atoms with E-state index in [9.17, 15) is 13.2 Å². The van der Waals surface area contributed by atoms with Gasteiger partial charge < -0.3 is 14.6 Å². The predicted molar refractivity (Wildman–Crippen MR) is 76.6 cm³/mol. The van der Waals surface area contributed by atoms with E-state index in [2.05, 4.69) is 5.32 Å². The highest BCUT2D eigenvalue weighted by molar-refractivity contribution is 8.13. The number of methoxy groups -OCH3 is 1. The molecule has 0 aromatic carbocycles. The minimum atomic E-state index is -3.88. The molecule has 0 aliphatic rings. The molecular weight excluding hydrogens is 304 g/mol. The van der Waals surface area contributed by atoms with Gasteiger partial charge in [0.1, 0.15) is 10.6 Å². The van der Waals surface area contributed by atoms with Crippen molar-refractivity contribution >= 4 is 25.6 Å². The zero-order valence-corrected chi connectivity index (χ0v) is 13.5. The number of ether oxygens (including phenoxy) is 1. The van der Waals surface area contributed by atoms with Gasteiger partial charge in [0.2, 0.25) is 0 Å². The molecule has 6 nitrogen and oxygen atoms in total. The Morgan fingerprint density at radius 1 is 1.45 bits per heavy atom. The predicted octanol–water partition coefficient (Wildman–Crippen LogP) is 1.59. The summed E-state index contributed by atoms with van der Waals surface area (Å²) in [6.07, 6.45) is 1.33. The largest absolute Gasteiger partial charge is 0.383 e. The third kappa shape index (κ3) is 4.81. The van der Waals surface area contributed by atoms with Crippen molar-refractivity contribution in [2.45, 2.75) is 37.8 Å². The smallest absolute Gasteiger partial charge is 0.268 e. The Hall–Kier alpha value is -1.05. The Bertz CT molecular complexity index is 587. The van der Waals surface area contributed by atoms with Crippen LogP contribution >= 0.6 is 10.7 Å². The maximum atomic E-state index is 12.2. The van der Waals surface area contributed by atoms with Gasteiger partial charge >= 0.3 is 0 Å². The summed E-state index contributed by atoms with van der Waals surface area (Å²) in [5, 5.41) is 2.78. The number of nitrogens with one attached hydrogen (secondary N) is 1. The maximum Gasteiger partial charge on any atom is 0.268 e. The highest BCUT2D eigenvalue weighted by Crippen LogP contribution is 2.19. The number of carbonyl (C=O) groups is 1. The normalized spacial score (nSPS) is 12.4. The number of rotatable bonds is 5. The molecule has 0 unspecified atom stereocenters. The molecule has 0 aliphatic carbocycles. The van der Waals surface area contributed by atoms with Crippen molar-refractivity contribution in [2.24, 2.45) is 0 Å². The van der Waals surface area contributed by atoms with Crippen LogP contribution in [0.3, 0.4) is 0 Å². The fraction of sp³-hybridized carbons (Fsp3) is 0.583. The lowest BCUT2D eigenvalue weighted by molar-refractivity contribution is 0.0907. The number of amides is 1. The summed E-state index contributed by atoms with van der Waals surface area (Å²) in [6, 6.07) is 1.26. The third-order valence-electron chi connectivity index (χ3n) is 2.41. The number of hydrogen-bond acceptors (Lipinski definition) is 4. The van der Waals surface area contributed by atoms with E-state index in [4.69, 9.17) is 15.4 Å². The summed E-state index contributed by atoms with van der Waals surface area (Å²) >= 11 is 0. The Morgan fingerprint density at radius 2 is 2.05 bits per heavy atom. The molecule has 1 aromatic heterocycles. The summed E-state index contributed by atoms with van der Waals surface area (Å²) in [5.74, 6) is -0.361. The van der Waals surface area contributed by atoms with E-state index in [0.29, 0.717) is 13.2 Å². The minimum absolute atomic E-state index is 0.102. The van der Waals surface area contributed by atoms with Crippen molar-refractivity contribution in [3.05, 3.63) is 18.0 Å². The highest BCUT2D eigenvalue weighted by atomic mass is 35.7. The molecular formula is C12H19ClN2O4S. The Labute approximate surface area is 123 Å². The first-order valence-electron chi connectivity index (χ1n) is 6.01. The van der Waals surface area contributed by atoms with Gasteiger partial charge in [0.25, 0.3) is 15.0 Å². The molecule has 0 saturated carbocycles. The van der Waals surface area contributed by atoms with Crippen molar-refractivity contribution in [1.82, 2.24) is 9.88 Å². The first-order valence-corrected chi connectivity index (χ1v) is 8.32. The molecule has 8 heteroatoms. The lowest BCUT2D eigenvalue weighted by Gasteiger charge is -2.21. The van der Waals surface area contributed by atoms with Crippen LogP contribution in [0.2, 0.25) is 0 Å². The highest BCUT2D eigenvalue weighted by Gasteiger charge is 2.22. The fourth-order valence-electron chi connectivity index (χ4n) is 1.59. The van der Waals surface area contributed by atoms with Gasteiger partial charge in [0, 0.05) is 36.1 Å². The van der Waals surface area contributed by atoms with Crippen LogP contribution in [-0.4, -0.2) is 38.1 Å². The van der Waals surface area contributed by atoms with Crippen LogP contribution in [0.4, 0.5) is 0 Å². The second-order valence-corrected chi connectivity index (χ2v) is 7.96. The van der Waals surface area contributed by atoms with Crippen molar-refractivity contribution in [3.8, 4) is 0 Å². The van der Waals surface area contributed by atoms with Gasteiger partial charge in [-0.05, 0) is 26.8 Å². The number of aromatic nitrogens is 1. The molecule has 0 radical (unpaired) electrons. The van der Waals surface area contributed by atoms with E-state index in [1.807, 2.05) is 20.8 Å². The second-order valence-electron chi connectivity index (χ2n) is 5.39. The second kappa shape index (κ2) is 6.15. The van der Waals surface area contributed by atoms with Crippen molar-refractivity contribution in [3.63, 3.8) is 0 Å². The van der Waals surface area contributed by atoms with E-state index >= 15 is 0 Å². The Kier molecular flexibility index (Phi) is 5.23. The lowest BCUT2D eigenvalue weighted by atomic mass is 10.1. The van der Waals surface area contributed by atoms with Crippen LogP contribution in [0.1, 0.15) is 31.3 Å². The van der Waals surface area contributed by atoms with Crippen LogP contribution in [0.5, 0.6) is 0 Å². The number of carbonyl (C=O) groups excluding carboxylic acids is 1. The summed E-state index contributed by atoms with van der Waals surface area (Å²) < 4.78 is 29.2. The first kappa shape index (κ1) is 17.0. The van der Waals surface area contributed by atoms with Gasteiger partial charge in [-0.25, -0.2) is 8.42 Å². The summed E-state index contributed by atoms with van der Waals surface area (Å²) in [6.45, 7) is 6.23. The molecule has 1 amide bonds. The van der Waals surface area contributed by atoms with Gasteiger partial charge in [0.15, 0.2) is 0 Å². The zero-order valence-electron chi connectivity index (χ0n) is 11.9. The molecule has 1 rings (SSSR count). The average Bonchev–Trinajstić information content (AvgIpc) is 2.67. The molecule has 20 heavy (non-hydrogen) atoms. The molecule has 0 bridgehead atoms. The van der Waals surface area contributed by atoms with E-state index in [1.165, 1.54) is 23.9 Å². The standard InChI is InChI=1S/C12H19ClN2O4S/c1-12(2,3)14-11(16)10-7-9(20(13,17)18)8-15(10)5-6-19-4/h7-8H,5-6H2,1-4H3,(H,14,16). The molecule has 0 saturated heterocycles. The van der Waals surface area contributed by atoms with Crippen LogP contribution < -0.4 is 5.32 Å². The third-order valence-corrected chi connectivity index (χ3v) is 3.73. The van der Waals surface area contributed by atoms with Crippen molar-refractivity contribution in [2.75, 3.05) is 13.7 Å². The molecule has 1 heterocycles. The maximum absolute atomic E-state index is 12.2. The number of halogens is 1. The Morgan fingerprint density at radius 3 is 2.50 bits per heavy atom. The lowest BCUT2D eigenvalue weighted by Crippen LogP contribution is -2.41. The van der Waals surface area contributed by atoms with Crippen LogP contribution in [0, 0.1) is 0 Å². The van der Waals surface area contributed by atoms with Gasteiger partial charge in [-0.1, -0.05) is 0 Å². The summed E-state index contributed by atoms with van der Waals surface area (Å²) in [7, 11) is 2.96. The van der Waals surface area contributed by atoms with E-state index in [-0.39, 0.29) is 16.5 Å². The molecule has 1 N–H and O–H groups in total. The van der Waals surface area contributed by atoms with E-state index in [0.717, 1.165) is 0 Å². The molecule has 0 fully saturated rings. The summed E-state index contributed by atoms with van der Waals surface area (Å²) in [4.78, 5) is 12.1. The van der Waals surface area contributed by atoms with Crippen LogP contribution in [0.25, 0.3) is 0 Å². The van der Waals surface area contributed by atoms with Crippen molar-refractivity contribution in [1.29, 1.82) is 0 Å². The monoisotopic (exact) mass is 322 g/mol. The van der Waals surface area contributed by atoms with Gasteiger partial charge in [-0.3, -0.25) is 4.79 Å². The molecule has 114 valence electrons. The SMILES string of the molecule is COCCn1cc(S(=O)(=O)Cl)cc1C(=O)NC(C)(C)C. The topological polar surface area (TPSA) is 77.4 Å². The van der Waals surface area contributed by atoms with Crippen LogP contribution in [-0.2, 0) is 20.3 Å². The quantitative estimate of drug-likeness (QED) is 0.835. The summed E-state index contributed by atoms with van der Waals surface area (Å²) in [5.41, 5.74) is -0.191. The number of nitrogens with zero attached hydrogens (tertiary/aromatic N) is 1. The van der Waals surface area contributed by atoms with E-state index in [1.54, 1.807) is 0 Å². The molecule has 0 atom stereocenters.